The molecule has 0 unspecified atom stereocenters. The van der Waals surface area contributed by atoms with E-state index >= 15 is 0 Å². The quantitative estimate of drug-likeness (QED) is 0.597. The summed E-state index contributed by atoms with van der Waals surface area (Å²) in [5, 5.41) is 9.28. The number of likely N-dealkylation sites (tertiary alicyclic amines) is 1. The van der Waals surface area contributed by atoms with Crippen LogP contribution in [0.25, 0.3) is 0 Å². The summed E-state index contributed by atoms with van der Waals surface area (Å²) < 4.78 is 63.9. The number of carboxylic acids is 1. The molecule has 2 aliphatic carbocycles. The van der Waals surface area contributed by atoms with Gasteiger partial charge in [0.2, 0.25) is 0 Å². The monoisotopic (exact) mass is 405 g/mol. The van der Waals surface area contributed by atoms with Crippen molar-refractivity contribution in [2.75, 3.05) is 19.6 Å². The normalized spacial score (nSPS) is 22.9. The first-order valence-corrected chi connectivity index (χ1v) is 9.93. The molecule has 1 N–H and O–H groups in total. The molecule has 3 aliphatic rings. The van der Waals surface area contributed by atoms with E-state index in [9.17, 15) is 31.5 Å². The van der Waals surface area contributed by atoms with Crippen LogP contribution >= 0.6 is 0 Å². The van der Waals surface area contributed by atoms with Crippen molar-refractivity contribution in [2.24, 2.45) is 10.8 Å². The van der Waals surface area contributed by atoms with E-state index in [1.807, 2.05) is 0 Å². The van der Waals surface area contributed by atoms with E-state index in [4.69, 9.17) is 0 Å². The number of carboxylic acid groups (broad SMARTS) is 1. The topological polar surface area (TPSA) is 83.9 Å². The van der Waals surface area contributed by atoms with Crippen LogP contribution in [0.15, 0.2) is 18.2 Å². The molecule has 1 saturated carbocycles. The summed E-state index contributed by atoms with van der Waals surface area (Å²) in [5.74, 6) is -1.10. The van der Waals surface area contributed by atoms with Crippen LogP contribution in [0, 0.1) is 10.8 Å². The number of carbonyl (C=O) groups is 1. The van der Waals surface area contributed by atoms with Gasteiger partial charge in [-0.3, -0.25) is 4.79 Å². The molecule has 148 valence electrons. The lowest BCUT2D eigenvalue weighted by Crippen LogP contribution is -2.58. The summed E-state index contributed by atoms with van der Waals surface area (Å²) in [4.78, 5) is 13.4. The number of hydrogen-bond donors (Lipinski definition) is 1. The van der Waals surface area contributed by atoms with Gasteiger partial charge in [0.1, 0.15) is 5.75 Å². The van der Waals surface area contributed by atoms with Crippen LogP contribution in [0.3, 0.4) is 0 Å². The molecule has 4 rings (SSSR count). The minimum atomic E-state index is -5.68. The summed E-state index contributed by atoms with van der Waals surface area (Å²) >= 11 is 0. The highest BCUT2D eigenvalue weighted by Gasteiger charge is 2.55. The van der Waals surface area contributed by atoms with Crippen molar-refractivity contribution in [1.82, 2.24) is 4.90 Å². The second kappa shape index (κ2) is 5.60. The minimum Gasteiger partial charge on any atom is -0.481 e. The lowest BCUT2D eigenvalue weighted by atomic mass is 9.76. The van der Waals surface area contributed by atoms with Crippen molar-refractivity contribution in [2.45, 2.75) is 31.2 Å². The molecule has 0 atom stereocenters. The van der Waals surface area contributed by atoms with Gasteiger partial charge in [0.15, 0.2) is 0 Å². The lowest BCUT2D eigenvalue weighted by Gasteiger charge is -2.49. The highest BCUT2D eigenvalue weighted by molar-refractivity contribution is 7.88. The standard InChI is InChI=1S/C17H18F3NO5S/c18-17(19,20)27(24,25)26-13-2-1-11-6-15(7-12(11)5-13)8-21(9-15)10-16(3-4-16)14(22)23/h1-2,5H,3-4,6-10H2,(H,22,23). The molecule has 6 nitrogen and oxygen atoms in total. The van der Waals surface area contributed by atoms with Gasteiger partial charge in [-0.15, -0.1) is 0 Å². The van der Waals surface area contributed by atoms with E-state index in [0.717, 1.165) is 30.6 Å². The number of hydrogen-bond acceptors (Lipinski definition) is 5. The molecule has 2 fully saturated rings. The van der Waals surface area contributed by atoms with Crippen LogP contribution in [-0.2, 0) is 27.8 Å². The van der Waals surface area contributed by atoms with Gasteiger partial charge in [0.05, 0.1) is 5.41 Å². The van der Waals surface area contributed by atoms with E-state index in [1.165, 1.54) is 12.1 Å². The van der Waals surface area contributed by atoms with Gasteiger partial charge >= 0.3 is 21.6 Å². The van der Waals surface area contributed by atoms with E-state index in [0.29, 0.717) is 25.8 Å². The Morgan fingerprint density at radius 1 is 1.19 bits per heavy atom. The van der Waals surface area contributed by atoms with Gasteiger partial charge in [0, 0.05) is 25.0 Å². The van der Waals surface area contributed by atoms with Crippen molar-refractivity contribution in [1.29, 1.82) is 0 Å². The van der Waals surface area contributed by atoms with Crippen LogP contribution in [0.5, 0.6) is 5.75 Å². The van der Waals surface area contributed by atoms with Gasteiger partial charge < -0.3 is 14.2 Å². The first-order valence-electron chi connectivity index (χ1n) is 8.52. The third kappa shape index (κ3) is 3.18. The number of benzene rings is 1. The largest absolute Gasteiger partial charge is 0.534 e. The third-order valence-corrected chi connectivity index (χ3v) is 6.73. The Morgan fingerprint density at radius 2 is 1.81 bits per heavy atom. The zero-order valence-corrected chi connectivity index (χ0v) is 15.1. The number of halogens is 3. The van der Waals surface area contributed by atoms with Crippen LogP contribution in [0.2, 0.25) is 0 Å². The molecule has 10 heteroatoms. The molecule has 1 saturated heterocycles. The Balaban J connectivity index is 1.41. The molecular weight excluding hydrogens is 387 g/mol. The SMILES string of the molecule is O=C(O)C1(CN2CC3(Cc4ccc(OS(=O)(=O)C(F)(F)F)cc4C3)C2)CC1. The zero-order chi connectivity index (χ0) is 19.7. The van der Waals surface area contributed by atoms with Crippen molar-refractivity contribution in [3.05, 3.63) is 29.3 Å². The average molecular weight is 405 g/mol. The summed E-state index contributed by atoms with van der Waals surface area (Å²) in [6, 6.07) is 4.20. The molecule has 1 aliphatic heterocycles. The zero-order valence-electron chi connectivity index (χ0n) is 14.3. The molecule has 1 aromatic carbocycles. The van der Waals surface area contributed by atoms with Crippen LogP contribution in [0.4, 0.5) is 13.2 Å². The fraction of sp³-hybridized carbons (Fsp3) is 0.588. The van der Waals surface area contributed by atoms with Crippen molar-refractivity contribution in [3.8, 4) is 5.75 Å². The molecule has 1 aromatic rings. The number of alkyl halides is 3. The van der Waals surface area contributed by atoms with E-state index in [2.05, 4.69) is 9.08 Å². The Morgan fingerprint density at radius 3 is 2.37 bits per heavy atom. The first kappa shape index (κ1) is 18.5. The number of aliphatic carboxylic acids is 1. The van der Waals surface area contributed by atoms with E-state index in [1.54, 1.807) is 6.07 Å². The Labute approximate surface area is 154 Å². The molecule has 0 aromatic heterocycles. The van der Waals surface area contributed by atoms with Crippen LogP contribution in [0.1, 0.15) is 24.0 Å². The minimum absolute atomic E-state index is 0.0571. The van der Waals surface area contributed by atoms with Crippen molar-refractivity contribution in [3.63, 3.8) is 0 Å². The maximum absolute atomic E-state index is 12.5. The van der Waals surface area contributed by atoms with Gasteiger partial charge in [-0.25, -0.2) is 0 Å². The molecule has 0 bridgehead atoms. The average Bonchev–Trinajstić information content (AvgIpc) is 3.18. The highest BCUT2D eigenvalue weighted by Crippen LogP contribution is 2.51. The second-order valence-corrected chi connectivity index (χ2v) is 9.54. The van der Waals surface area contributed by atoms with Crippen LogP contribution in [-0.4, -0.2) is 49.5 Å². The maximum Gasteiger partial charge on any atom is 0.534 e. The fourth-order valence-electron chi connectivity index (χ4n) is 4.29. The maximum atomic E-state index is 12.5. The number of nitrogens with zero attached hydrogens (tertiary/aromatic N) is 1. The third-order valence-electron chi connectivity index (χ3n) is 5.75. The van der Waals surface area contributed by atoms with E-state index in [-0.39, 0.29) is 11.2 Å². The predicted molar refractivity (Wildman–Crippen MR) is 87.6 cm³/mol. The van der Waals surface area contributed by atoms with Gasteiger partial charge in [-0.05, 0) is 48.9 Å². The highest BCUT2D eigenvalue weighted by atomic mass is 32.2. The molecule has 27 heavy (non-hydrogen) atoms. The Bertz CT molecular complexity index is 902. The summed E-state index contributed by atoms with van der Waals surface area (Å²) in [5.41, 5.74) is -4.39. The second-order valence-electron chi connectivity index (χ2n) is 8.00. The summed E-state index contributed by atoms with van der Waals surface area (Å²) in [7, 11) is -5.68. The molecule has 1 spiro atoms. The molecule has 0 radical (unpaired) electrons. The Hall–Kier alpha value is -1.81. The van der Waals surface area contributed by atoms with Crippen molar-refractivity contribution >= 4 is 16.1 Å². The number of rotatable bonds is 5. The van der Waals surface area contributed by atoms with Gasteiger partial charge in [-0.2, -0.15) is 21.6 Å². The van der Waals surface area contributed by atoms with Crippen molar-refractivity contribution < 1.29 is 35.7 Å². The van der Waals surface area contributed by atoms with Crippen LogP contribution < -0.4 is 4.18 Å². The predicted octanol–water partition coefficient (Wildman–Crippen LogP) is 2.18. The molecule has 1 heterocycles. The lowest BCUT2D eigenvalue weighted by molar-refractivity contribution is -0.145. The van der Waals surface area contributed by atoms with E-state index < -0.39 is 27.0 Å². The molecule has 0 amide bonds. The number of fused-ring (bicyclic) bond motifs is 1. The first-order chi connectivity index (χ1) is 12.4. The molecular formula is C17H18F3NO5S. The van der Waals surface area contributed by atoms with Gasteiger partial charge in [0.25, 0.3) is 0 Å². The van der Waals surface area contributed by atoms with Gasteiger partial charge in [-0.1, -0.05) is 6.07 Å². The smallest absolute Gasteiger partial charge is 0.481 e. The Kier molecular flexibility index (Phi) is 3.85. The summed E-state index contributed by atoms with van der Waals surface area (Å²) in [6.07, 6.45) is 2.74. The summed E-state index contributed by atoms with van der Waals surface area (Å²) in [6.45, 7) is 1.99. The fourth-order valence-corrected chi connectivity index (χ4v) is 4.74.